The van der Waals surface area contributed by atoms with Crippen molar-refractivity contribution in [1.82, 2.24) is 4.72 Å². The van der Waals surface area contributed by atoms with Gasteiger partial charge in [0.25, 0.3) is 0 Å². The van der Waals surface area contributed by atoms with Gasteiger partial charge in [0.2, 0.25) is 10.0 Å². The first kappa shape index (κ1) is 16.9. The zero-order valence-corrected chi connectivity index (χ0v) is 12.2. The third-order valence-corrected chi connectivity index (χ3v) is 4.12. The Labute approximate surface area is 122 Å². The third kappa shape index (κ3) is 4.70. The van der Waals surface area contributed by atoms with E-state index in [2.05, 4.69) is 4.72 Å². The predicted octanol–water partition coefficient (Wildman–Crippen LogP) is 1.58. The van der Waals surface area contributed by atoms with Crippen LogP contribution in [-0.4, -0.2) is 27.0 Å². The molecule has 0 aliphatic carbocycles. The Morgan fingerprint density at radius 1 is 1.43 bits per heavy atom. The minimum Gasteiger partial charge on any atom is -0.490 e. The molecule has 1 N–H and O–H groups in total. The molecule has 1 rings (SSSR count). The predicted molar refractivity (Wildman–Crippen MR) is 74.3 cm³/mol. The Morgan fingerprint density at radius 3 is 2.71 bits per heavy atom. The molecule has 0 spiro atoms. The first-order chi connectivity index (χ1) is 9.92. The first-order valence-electron chi connectivity index (χ1n) is 6.11. The van der Waals surface area contributed by atoms with Gasteiger partial charge in [-0.1, -0.05) is 0 Å². The van der Waals surface area contributed by atoms with E-state index in [1.165, 1.54) is 19.2 Å². The fourth-order valence-electron chi connectivity index (χ4n) is 1.60. The standard InChI is InChI=1S/C12H15N3O5S/c1-20-12-6-5-10(9-11(12)15(16)17)21(18,19)14-8-4-2-3-7-13/h5-6,9,14H,2-4,8H2,1H3. The van der Waals surface area contributed by atoms with Crippen LogP contribution in [0, 0.1) is 21.4 Å². The molecule has 0 unspecified atom stereocenters. The normalized spacial score (nSPS) is 10.9. The lowest BCUT2D eigenvalue weighted by Crippen LogP contribution is -2.24. The van der Waals surface area contributed by atoms with Crippen LogP contribution < -0.4 is 9.46 Å². The van der Waals surface area contributed by atoms with Crippen molar-refractivity contribution in [2.75, 3.05) is 13.7 Å². The number of nitro benzene ring substituents is 1. The lowest BCUT2D eigenvalue weighted by molar-refractivity contribution is -0.386. The molecule has 1 aromatic carbocycles. The van der Waals surface area contributed by atoms with E-state index in [0.717, 1.165) is 6.07 Å². The van der Waals surface area contributed by atoms with Crippen LogP contribution in [0.4, 0.5) is 5.69 Å². The van der Waals surface area contributed by atoms with Crippen LogP contribution in [0.25, 0.3) is 0 Å². The van der Waals surface area contributed by atoms with E-state index in [4.69, 9.17) is 10.00 Å². The molecule has 114 valence electrons. The monoisotopic (exact) mass is 313 g/mol. The maximum absolute atomic E-state index is 12.0. The van der Waals surface area contributed by atoms with Crippen molar-refractivity contribution in [3.8, 4) is 11.8 Å². The fourth-order valence-corrected chi connectivity index (χ4v) is 2.69. The van der Waals surface area contributed by atoms with Crippen molar-refractivity contribution < 1.29 is 18.1 Å². The number of methoxy groups -OCH3 is 1. The highest BCUT2D eigenvalue weighted by Gasteiger charge is 2.21. The zero-order valence-electron chi connectivity index (χ0n) is 11.4. The summed E-state index contributed by atoms with van der Waals surface area (Å²) < 4.78 is 31.1. The largest absolute Gasteiger partial charge is 0.490 e. The summed E-state index contributed by atoms with van der Waals surface area (Å²) in [6.45, 7) is 0.170. The number of nitrogens with one attached hydrogen (secondary N) is 1. The smallest absolute Gasteiger partial charge is 0.312 e. The van der Waals surface area contributed by atoms with Crippen LogP contribution in [0.5, 0.6) is 5.75 Å². The van der Waals surface area contributed by atoms with Crippen molar-refractivity contribution in [3.63, 3.8) is 0 Å². The maximum atomic E-state index is 12.0. The van der Waals surface area contributed by atoms with Crippen LogP contribution >= 0.6 is 0 Å². The lowest BCUT2D eigenvalue weighted by atomic mass is 10.2. The third-order valence-electron chi connectivity index (χ3n) is 2.66. The molecular formula is C12H15N3O5S. The quantitative estimate of drug-likeness (QED) is 0.441. The molecule has 0 radical (unpaired) electrons. The highest BCUT2D eigenvalue weighted by molar-refractivity contribution is 7.89. The molecule has 0 bridgehead atoms. The Kier molecular flexibility index (Phi) is 6.08. The average Bonchev–Trinajstić information content (AvgIpc) is 2.46. The Morgan fingerprint density at radius 2 is 2.14 bits per heavy atom. The average molecular weight is 313 g/mol. The Balaban J connectivity index is 2.86. The van der Waals surface area contributed by atoms with Crippen molar-refractivity contribution in [2.24, 2.45) is 0 Å². The SMILES string of the molecule is COc1ccc(S(=O)(=O)NCCCCC#N)cc1[N+](=O)[O-]. The summed E-state index contributed by atoms with van der Waals surface area (Å²) in [5.41, 5.74) is -0.412. The number of hydrogen-bond acceptors (Lipinski definition) is 6. The van der Waals surface area contributed by atoms with Crippen LogP contribution in [0.15, 0.2) is 23.1 Å². The molecule has 0 aliphatic rings. The second-order valence-corrected chi connectivity index (χ2v) is 5.87. The molecule has 0 aliphatic heterocycles. The second kappa shape index (κ2) is 7.56. The number of nitrogens with zero attached hydrogens (tertiary/aromatic N) is 2. The second-order valence-electron chi connectivity index (χ2n) is 4.10. The summed E-state index contributed by atoms with van der Waals surface area (Å²) in [5, 5.41) is 19.2. The number of nitriles is 1. The summed E-state index contributed by atoms with van der Waals surface area (Å²) in [6, 6.07) is 5.40. The number of nitro groups is 1. The van der Waals surface area contributed by atoms with E-state index in [1.54, 1.807) is 0 Å². The van der Waals surface area contributed by atoms with Gasteiger partial charge in [-0.25, -0.2) is 13.1 Å². The molecule has 0 saturated carbocycles. The summed E-state index contributed by atoms with van der Waals surface area (Å²) in [6.07, 6.45) is 1.46. The summed E-state index contributed by atoms with van der Waals surface area (Å²) in [7, 11) is -2.55. The van der Waals surface area contributed by atoms with Gasteiger partial charge < -0.3 is 4.74 Å². The molecule has 0 heterocycles. The number of rotatable bonds is 8. The molecule has 0 amide bonds. The van der Waals surface area contributed by atoms with Gasteiger partial charge in [0.05, 0.1) is 23.0 Å². The molecular weight excluding hydrogens is 298 g/mol. The van der Waals surface area contributed by atoms with Crippen molar-refractivity contribution in [2.45, 2.75) is 24.2 Å². The minimum atomic E-state index is -3.82. The van der Waals surface area contributed by atoms with E-state index in [-0.39, 0.29) is 17.2 Å². The van der Waals surface area contributed by atoms with Gasteiger partial charge in [0.1, 0.15) is 0 Å². The molecule has 0 saturated heterocycles. The van der Waals surface area contributed by atoms with E-state index >= 15 is 0 Å². The fraction of sp³-hybridized carbons (Fsp3) is 0.417. The molecule has 1 aromatic rings. The van der Waals surface area contributed by atoms with Gasteiger partial charge in [-0.15, -0.1) is 0 Å². The topological polar surface area (TPSA) is 122 Å². The van der Waals surface area contributed by atoms with Gasteiger partial charge >= 0.3 is 5.69 Å². The molecule has 21 heavy (non-hydrogen) atoms. The minimum absolute atomic E-state index is 0.00651. The van der Waals surface area contributed by atoms with E-state index in [0.29, 0.717) is 19.3 Å². The summed E-state index contributed by atoms with van der Waals surface area (Å²) in [5.74, 6) is -0.00651. The van der Waals surface area contributed by atoms with Gasteiger partial charge in [0.15, 0.2) is 5.75 Å². The number of ether oxygens (including phenoxy) is 1. The van der Waals surface area contributed by atoms with Crippen molar-refractivity contribution in [1.29, 1.82) is 5.26 Å². The van der Waals surface area contributed by atoms with E-state index in [9.17, 15) is 18.5 Å². The Bertz CT molecular complexity index is 651. The molecule has 0 aromatic heterocycles. The molecule has 0 fully saturated rings. The zero-order chi connectivity index (χ0) is 15.9. The highest BCUT2D eigenvalue weighted by Crippen LogP contribution is 2.29. The van der Waals surface area contributed by atoms with Gasteiger partial charge in [0, 0.05) is 19.0 Å². The number of unbranched alkanes of at least 4 members (excludes halogenated alkanes) is 2. The van der Waals surface area contributed by atoms with Crippen molar-refractivity contribution in [3.05, 3.63) is 28.3 Å². The summed E-state index contributed by atoms with van der Waals surface area (Å²) in [4.78, 5) is 9.97. The van der Waals surface area contributed by atoms with Crippen molar-refractivity contribution >= 4 is 15.7 Å². The molecule has 0 atom stereocenters. The number of benzene rings is 1. The van der Waals surface area contributed by atoms with Gasteiger partial charge in [-0.05, 0) is 25.0 Å². The van der Waals surface area contributed by atoms with Crippen LogP contribution in [0.3, 0.4) is 0 Å². The highest BCUT2D eigenvalue weighted by atomic mass is 32.2. The Hall–Kier alpha value is -2.18. The molecule has 9 heteroatoms. The first-order valence-corrected chi connectivity index (χ1v) is 7.59. The van der Waals surface area contributed by atoms with Crippen LogP contribution in [-0.2, 0) is 10.0 Å². The van der Waals surface area contributed by atoms with Crippen LogP contribution in [0.2, 0.25) is 0 Å². The number of sulfonamides is 1. The van der Waals surface area contributed by atoms with Crippen LogP contribution in [0.1, 0.15) is 19.3 Å². The number of hydrogen-bond donors (Lipinski definition) is 1. The summed E-state index contributed by atoms with van der Waals surface area (Å²) >= 11 is 0. The molecule has 8 nitrogen and oxygen atoms in total. The van der Waals surface area contributed by atoms with E-state index in [1.807, 2.05) is 6.07 Å². The maximum Gasteiger partial charge on any atom is 0.312 e. The lowest BCUT2D eigenvalue weighted by Gasteiger charge is -2.07. The van der Waals surface area contributed by atoms with Gasteiger partial charge in [-0.3, -0.25) is 10.1 Å². The van der Waals surface area contributed by atoms with Gasteiger partial charge in [-0.2, -0.15) is 5.26 Å². The van der Waals surface area contributed by atoms with E-state index < -0.39 is 20.6 Å².